The number of halogens is 8. The minimum Gasteiger partial charge on any atom is -0.452 e. The Hall–Kier alpha value is -2.99. The van der Waals surface area contributed by atoms with Crippen molar-refractivity contribution in [1.82, 2.24) is 4.90 Å². The highest BCUT2D eigenvalue weighted by Gasteiger charge is 2.62. The Kier molecular flexibility index (Phi) is 7.52. The van der Waals surface area contributed by atoms with Gasteiger partial charge >= 0.3 is 18.4 Å². The first-order valence-electron chi connectivity index (χ1n) is 9.94. The number of hydrogen-bond donors (Lipinski definition) is 0. The number of imide groups is 1. The number of hydrogen-bond acceptors (Lipinski definition) is 5. The van der Waals surface area contributed by atoms with Crippen LogP contribution in [-0.4, -0.2) is 48.6 Å². The molecule has 0 N–H and O–H groups in total. The molecule has 0 saturated heterocycles. The van der Waals surface area contributed by atoms with E-state index in [0.717, 1.165) is 25.3 Å². The second kappa shape index (κ2) is 9.81. The predicted octanol–water partition coefficient (Wildman–Crippen LogP) is 6.65. The lowest BCUT2D eigenvalue weighted by Gasteiger charge is -2.29. The SMILES string of the molecule is COC(=O)N(CC(F)(F)F)C(=O)c1ccc(C2=NOC(c3cc(Cl)cc(Cl)c3)(C(F)(F)F)C2)cc1C. The number of nitrogens with zero attached hydrogens (tertiary/aromatic N) is 2. The molecule has 0 aliphatic carbocycles. The van der Waals surface area contributed by atoms with E-state index in [2.05, 4.69) is 9.89 Å². The summed E-state index contributed by atoms with van der Waals surface area (Å²) in [5.74, 6) is -1.30. The van der Waals surface area contributed by atoms with Crippen LogP contribution in [-0.2, 0) is 15.2 Å². The fraction of sp³-hybridized carbons (Fsp3) is 0.318. The minimum absolute atomic E-state index is 0.0501. The van der Waals surface area contributed by atoms with Gasteiger partial charge in [0.15, 0.2) is 0 Å². The van der Waals surface area contributed by atoms with Gasteiger partial charge in [0.1, 0.15) is 6.54 Å². The third kappa shape index (κ3) is 5.54. The molecule has 194 valence electrons. The number of carbonyl (C=O) groups is 2. The molecule has 14 heteroatoms. The van der Waals surface area contributed by atoms with Gasteiger partial charge < -0.3 is 9.57 Å². The molecule has 2 aromatic carbocycles. The van der Waals surface area contributed by atoms with Gasteiger partial charge in [-0.15, -0.1) is 0 Å². The van der Waals surface area contributed by atoms with E-state index in [4.69, 9.17) is 28.0 Å². The average Bonchev–Trinajstić information content (AvgIpc) is 3.22. The quantitative estimate of drug-likeness (QED) is 0.395. The molecule has 1 heterocycles. The summed E-state index contributed by atoms with van der Waals surface area (Å²) in [6.45, 7) is -0.555. The van der Waals surface area contributed by atoms with E-state index >= 15 is 0 Å². The maximum absolute atomic E-state index is 14.2. The number of rotatable bonds is 4. The summed E-state index contributed by atoms with van der Waals surface area (Å²) in [6.07, 6.45) is -12.1. The minimum atomic E-state index is -4.93. The fourth-order valence-electron chi connectivity index (χ4n) is 3.58. The zero-order valence-corrected chi connectivity index (χ0v) is 19.9. The molecular formula is C22H16Cl2F6N2O4. The maximum atomic E-state index is 14.2. The Morgan fingerprint density at radius 2 is 1.69 bits per heavy atom. The van der Waals surface area contributed by atoms with Crippen LogP contribution in [0.3, 0.4) is 0 Å². The molecule has 0 fully saturated rings. The highest BCUT2D eigenvalue weighted by atomic mass is 35.5. The molecular weight excluding hydrogens is 541 g/mol. The molecule has 1 unspecified atom stereocenters. The molecule has 0 saturated carbocycles. The number of benzene rings is 2. The highest BCUT2D eigenvalue weighted by Crippen LogP contribution is 2.49. The molecule has 6 nitrogen and oxygen atoms in total. The molecule has 1 atom stereocenters. The smallest absolute Gasteiger partial charge is 0.435 e. The molecule has 0 spiro atoms. The predicted molar refractivity (Wildman–Crippen MR) is 117 cm³/mol. The number of ether oxygens (including phenoxy) is 1. The Bertz CT molecular complexity index is 1210. The third-order valence-corrected chi connectivity index (χ3v) is 5.72. The molecule has 3 rings (SSSR count). The summed E-state index contributed by atoms with van der Waals surface area (Å²) in [5.41, 5.74) is -3.53. The normalized spacial score (nSPS) is 17.9. The lowest BCUT2D eigenvalue weighted by molar-refractivity contribution is -0.275. The van der Waals surface area contributed by atoms with Crippen LogP contribution in [0.5, 0.6) is 0 Å². The van der Waals surface area contributed by atoms with Crippen LogP contribution in [0.4, 0.5) is 31.1 Å². The van der Waals surface area contributed by atoms with Gasteiger partial charge in [-0.05, 0) is 48.4 Å². The van der Waals surface area contributed by atoms with Crippen LogP contribution in [0.25, 0.3) is 0 Å². The van der Waals surface area contributed by atoms with Gasteiger partial charge in [0.25, 0.3) is 11.5 Å². The van der Waals surface area contributed by atoms with Crippen LogP contribution >= 0.6 is 23.2 Å². The molecule has 36 heavy (non-hydrogen) atoms. The Morgan fingerprint density at radius 1 is 1.08 bits per heavy atom. The highest BCUT2D eigenvalue weighted by molar-refractivity contribution is 6.34. The Morgan fingerprint density at radius 3 is 2.19 bits per heavy atom. The molecule has 1 aliphatic rings. The van der Waals surface area contributed by atoms with Crippen LogP contribution in [0, 0.1) is 6.92 Å². The van der Waals surface area contributed by atoms with Crippen LogP contribution in [0.2, 0.25) is 10.0 Å². The number of alkyl halides is 6. The summed E-state index contributed by atoms with van der Waals surface area (Å²) in [6, 6.07) is 6.86. The first-order chi connectivity index (χ1) is 16.6. The zero-order valence-electron chi connectivity index (χ0n) is 18.4. The lowest BCUT2D eigenvalue weighted by atomic mass is 9.86. The van der Waals surface area contributed by atoms with Crippen LogP contribution in [0.1, 0.15) is 33.5 Å². The van der Waals surface area contributed by atoms with Crippen molar-refractivity contribution in [3.8, 4) is 0 Å². The van der Waals surface area contributed by atoms with E-state index in [-0.39, 0.29) is 42.9 Å². The third-order valence-electron chi connectivity index (χ3n) is 5.28. The van der Waals surface area contributed by atoms with E-state index < -0.39 is 42.9 Å². The van der Waals surface area contributed by atoms with Gasteiger partial charge in [0, 0.05) is 27.6 Å². The number of carbonyl (C=O) groups excluding carboxylic acids is 2. The van der Waals surface area contributed by atoms with Gasteiger partial charge in [-0.25, -0.2) is 9.69 Å². The van der Waals surface area contributed by atoms with Gasteiger partial charge in [-0.3, -0.25) is 4.79 Å². The van der Waals surface area contributed by atoms with Crippen molar-refractivity contribution in [3.05, 3.63) is 68.7 Å². The second-order valence-electron chi connectivity index (χ2n) is 7.80. The standard InChI is InChI=1S/C22H16Cl2F6N2O4/c1-11-5-12(3-4-16(11)18(33)32(19(34)35-2)10-21(25,26)27)17-9-20(36-31-17,22(28,29)30)13-6-14(23)8-15(24)7-13/h3-8H,9-10H2,1-2H3. The fourth-order valence-corrected chi connectivity index (χ4v) is 4.11. The van der Waals surface area contributed by atoms with Crippen molar-refractivity contribution >= 4 is 40.9 Å². The average molecular weight is 557 g/mol. The van der Waals surface area contributed by atoms with Crippen LogP contribution < -0.4 is 0 Å². The zero-order chi connectivity index (χ0) is 27.1. The van der Waals surface area contributed by atoms with Crippen molar-refractivity contribution < 1.29 is 45.5 Å². The summed E-state index contributed by atoms with van der Waals surface area (Å²) in [4.78, 5) is 29.2. The number of methoxy groups -OCH3 is 1. The largest absolute Gasteiger partial charge is 0.452 e. The molecule has 0 bridgehead atoms. The van der Waals surface area contributed by atoms with E-state index in [1.165, 1.54) is 25.1 Å². The monoisotopic (exact) mass is 556 g/mol. The second-order valence-corrected chi connectivity index (χ2v) is 8.67. The first-order valence-corrected chi connectivity index (χ1v) is 10.7. The van der Waals surface area contributed by atoms with Gasteiger partial charge in [-0.2, -0.15) is 26.3 Å². The topological polar surface area (TPSA) is 68.2 Å². The lowest BCUT2D eigenvalue weighted by Crippen LogP contribution is -2.43. The first kappa shape index (κ1) is 27.6. The Labute approximate surface area is 210 Å². The van der Waals surface area contributed by atoms with Crippen molar-refractivity contribution in [2.75, 3.05) is 13.7 Å². The molecule has 1 aliphatic heterocycles. The van der Waals surface area contributed by atoms with E-state index in [0.29, 0.717) is 0 Å². The summed E-state index contributed by atoms with van der Waals surface area (Å²) < 4.78 is 85.4. The van der Waals surface area contributed by atoms with E-state index in [1.54, 1.807) is 0 Å². The summed E-state index contributed by atoms with van der Waals surface area (Å²) in [5, 5.41) is 3.49. The van der Waals surface area contributed by atoms with Crippen molar-refractivity contribution in [2.24, 2.45) is 5.16 Å². The maximum Gasteiger partial charge on any atom is 0.435 e. The van der Waals surface area contributed by atoms with Crippen molar-refractivity contribution in [1.29, 1.82) is 0 Å². The van der Waals surface area contributed by atoms with Gasteiger partial charge in [0.2, 0.25) is 0 Å². The number of amides is 2. The van der Waals surface area contributed by atoms with Gasteiger partial charge in [0.05, 0.1) is 12.8 Å². The summed E-state index contributed by atoms with van der Waals surface area (Å²) in [7, 11) is 0.813. The number of aryl methyl sites for hydroxylation is 1. The van der Waals surface area contributed by atoms with E-state index in [9.17, 15) is 35.9 Å². The Balaban J connectivity index is 1.94. The van der Waals surface area contributed by atoms with Crippen molar-refractivity contribution in [3.63, 3.8) is 0 Å². The molecule has 2 amide bonds. The summed E-state index contributed by atoms with van der Waals surface area (Å²) >= 11 is 11.8. The molecule has 0 radical (unpaired) electrons. The van der Waals surface area contributed by atoms with Crippen molar-refractivity contribution in [2.45, 2.75) is 31.3 Å². The molecule has 0 aromatic heterocycles. The van der Waals surface area contributed by atoms with E-state index in [1.807, 2.05) is 0 Å². The van der Waals surface area contributed by atoms with Gasteiger partial charge in [-0.1, -0.05) is 34.4 Å². The van der Waals surface area contributed by atoms with Crippen LogP contribution in [0.15, 0.2) is 41.6 Å². The molecule has 2 aromatic rings. The number of oxime groups is 1.